The van der Waals surface area contributed by atoms with E-state index >= 15 is 0 Å². The molecule has 0 radical (unpaired) electrons. The van der Waals surface area contributed by atoms with Gasteiger partial charge in [-0.05, 0) is 48.2 Å². The Kier molecular flexibility index (Phi) is 6.18. The summed E-state index contributed by atoms with van der Waals surface area (Å²) in [6.45, 7) is 3.88. The Morgan fingerprint density at radius 1 is 1.26 bits per heavy atom. The van der Waals surface area contributed by atoms with E-state index in [1.54, 1.807) is 24.4 Å². The van der Waals surface area contributed by atoms with Crippen LogP contribution in [0.3, 0.4) is 0 Å². The second-order valence-electron chi connectivity index (χ2n) is 5.09. The predicted molar refractivity (Wildman–Crippen MR) is 93.2 cm³/mol. The van der Waals surface area contributed by atoms with Gasteiger partial charge in [0, 0.05) is 5.02 Å². The number of aryl methyl sites for hydroxylation is 2. The Bertz CT molecular complexity index is 697. The maximum absolute atomic E-state index is 11.7. The lowest BCUT2D eigenvalue weighted by Gasteiger charge is -2.06. The van der Waals surface area contributed by atoms with Crippen LogP contribution in [0.2, 0.25) is 5.02 Å². The van der Waals surface area contributed by atoms with Crippen molar-refractivity contribution in [2.45, 2.75) is 20.3 Å². The number of rotatable bonds is 6. The normalized spacial score (nSPS) is 10.7. The summed E-state index contributed by atoms with van der Waals surface area (Å²) in [6, 6.07) is 13.2. The number of hydrogen-bond donors (Lipinski definition) is 1. The van der Waals surface area contributed by atoms with Gasteiger partial charge in [-0.15, -0.1) is 0 Å². The first-order valence-electron chi connectivity index (χ1n) is 7.38. The highest BCUT2D eigenvalue weighted by molar-refractivity contribution is 6.31. The summed E-state index contributed by atoms with van der Waals surface area (Å²) in [7, 11) is 0. The van der Waals surface area contributed by atoms with E-state index in [1.165, 1.54) is 5.56 Å². The minimum atomic E-state index is -0.320. The summed E-state index contributed by atoms with van der Waals surface area (Å²) in [5.74, 6) is 0.278. The molecule has 2 aromatic carbocycles. The molecule has 0 spiro atoms. The van der Waals surface area contributed by atoms with Crippen molar-refractivity contribution in [2.24, 2.45) is 5.10 Å². The molecule has 2 aromatic rings. The smallest absolute Gasteiger partial charge is 0.277 e. The molecule has 1 amide bonds. The number of carbonyl (C=O) groups is 1. The molecule has 2 rings (SSSR count). The Morgan fingerprint density at radius 2 is 2.00 bits per heavy atom. The van der Waals surface area contributed by atoms with Gasteiger partial charge in [0.2, 0.25) is 0 Å². The number of carbonyl (C=O) groups excluding carboxylic acids is 1. The minimum absolute atomic E-state index is 0.104. The van der Waals surface area contributed by atoms with Crippen LogP contribution in [0.25, 0.3) is 0 Å². The fraction of sp³-hybridized carbons (Fsp3) is 0.222. The fourth-order valence-electron chi connectivity index (χ4n) is 1.91. The Morgan fingerprint density at radius 3 is 2.65 bits per heavy atom. The van der Waals surface area contributed by atoms with Gasteiger partial charge < -0.3 is 4.74 Å². The van der Waals surface area contributed by atoms with Gasteiger partial charge in [-0.2, -0.15) is 5.10 Å². The predicted octanol–water partition coefficient (Wildman–Crippen LogP) is 3.74. The fourth-order valence-corrected chi connectivity index (χ4v) is 2.02. The van der Waals surface area contributed by atoms with E-state index in [4.69, 9.17) is 16.3 Å². The van der Waals surface area contributed by atoms with Crippen molar-refractivity contribution >= 4 is 23.7 Å². The number of nitrogens with one attached hydrogen (secondary N) is 1. The van der Waals surface area contributed by atoms with Crippen molar-refractivity contribution in [3.05, 3.63) is 64.2 Å². The van der Waals surface area contributed by atoms with Crippen LogP contribution in [0.15, 0.2) is 47.6 Å². The summed E-state index contributed by atoms with van der Waals surface area (Å²) in [5, 5.41) is 4.58. The molecule has 0 aliphatic carbocycles. The van der Waals surface area contributed by atoms with Crippen molar-refractivity contribution < 1.29 is 9.53 Å². The van der Waals surface area contributed by atoms with Gasteiger partial charge in [-0.25, -0.2) is 5.43 Å². The van der Waals surface area contributed by atoms with E-state index in [-0.39, 0.29) is 12.5 Å². The third-order valence-corrected chi connectivity index (χ3v) is 3.71. The molecule has 0 unspecified atom stereocenters. The van der Waals surface area contributed by atoms with Gasteiger partial charge in [0.25, 0.3) is 5.91 Å². The van der Waals surface area contributed by atoms with Crippen molar-refractivity contribution in [2.75, 3.05) is 6.61 Å². The van der Waals surface area contributed by atoms with Crippen LogP contribution < -0.4 is 10.2 Å². The first-order valence-corrected chi connectivity index (χ1v) is 7.76. The van der Waals surface area contributed by atoms with E-state index in [9.17, 15) is 4.79 Å². The molecule has 23 heavy (non-hydrogen) atoms. The quantitative estimate of drug-likeness (QED) is 0.648. The van der Waals surface area contributed by atoms with Crippen molar-refractivity contribution in [1.82, 2.24) is 5.43 Å². The molecule has 0 bridgehead atoms. The third kappa shape index (κ3) is 5.42. The number of nitrogens with zero attached hydrogens (tertiary/aromatic N) is 1. The topological polar surface area (TPSA) is 50.7 Å². The molecule has 0 heterocycles. The Hall–Kier alpha value is -2.33. The molecular formula is C18H19ClN2O2. The average Bonchev–Trinajstić information content (AvgIpc) is 2.56. The van der Waals surface area contributed by atoms with E-state index in [1.807, 2.05) is 31.2 Å². The highest BCUT2D eigenvalue weighted by Gasteiger charge is 2.03. The number of halogens is 1. The van der Waals surface area contributed by atoms with Crippen molar-refractivity contribution in [3.8, 4) is 5.75 Å². The molecule has 0 saturated carbocycles. The maximum atomic E-state index is 11.7. The van der Waals surface area contributed by atoms with Gasteiger partial charge in [0.15, 0.2) is 6.61 Å². The number of amides is 1. The summed E-state index contributed by atoms with van der Waals surface area (Å²) in [5.41, 5.74) is 5.53. The zero-order valence-corrected chi connectivity index (χ0v) is 13.9. The zero-order chi connectivity index (χ0) is 16.7. The molecule has 0 saturated heterocycles. The van der Waals surface area contributed by atoms with E-state index in [0.29, 0.717) is 10.8 Å². The molecule has 0 atom stereocenters. The van der Waals surface area contributed by atoms with Crippen LogP contribution in [0.1, 0.15) is 23.6 Å². The van der Waals surface area contributed by atoms with Crippen molar-refractivity contribution in [1.29, 1.82) is 0 Å². The van der Waals surface area contributed by atoms with E-state index < -0.39 is 0 Å². The molecule has 120 valence electrons. The van der Waals surface area contributed by atoms with Crippen LogP contribution in [0.5, 0.6) is 5.75 Å². The van der Waals surface area contributed by atoms with Crippen LogP contribution in [0, 0.1) is 6.92 Å². The molecular weight excluding hydrogens is 312 g/mol. The van der Waals surface area contributed by atoms with Crippen molar-refractivity contribution in [3.63, 3.8) is 0 Å². The first kappa shape index (κ1) is 17.0. The Balaban J connectivity index is 1.79. The van der Waals surface area contributed by atoms with Crippen LogP contribution in [-0.2, 0) is 11.2 Å². The molecule has 0 aliphatic rings. The minimum Gasteiger partial charge on any atom is -0.484 e. The highest BCUT2D eigenvalue weighted by atomic mass is 35.5. The third-order valence-electron chi connectivity index (χ3n) is 3.29. The van der Waals surface area contributed by atoms with Gasteiger partial charge in [0.1, 0.15) is 5.75 Å². The molecule has 5 heteroatoms. The number of ether oxygens (including phenoxy) is 1. The average molecular weight is 331 g/mol. The number of hydrazone groups is 1. The summed E-state index contributed by atoms with van der Waals surface area (Å²) < 4.78 is 5.39. The summed E-state index contributed by atoms with van der Waals surface area (Å²) in [6.07, 6.45) is 2.60. The SMILES string of the molecule is CCc1ccc(/C=N/NC(=O)COc2ccc(Cl)c(C)c2)cc1. The van der Waals surface area contributed by atoms with Gasteiger partial charge in [-0.3, -0.25) is 4.79 Å². The monoisotopic (exact) mass is 330 g/mol. The highest BCUT2D eigenvalue weighted by Crippen LogP contribution is 2.20. The molecule has 1 N–H and O–H groups in total. The maximum Gasteiger partial charge on any atom is 0.277 e. The molecule has 0 fully saturated rings. The van der Waals surface area contributed by atoms with E-state index in [2.05, 4.69) is 17.5 Å². The number of benzene rings is 2. The van der Waals surface area contributed by atoms with Crippen LogP contribution >= 0.6 is 11.6 Å². The lowest BCUT2D eigenvalue weighted by molar-refractivity contribution is -0.123. The molecule has 4 nitrogen and oxygen atoms in total. The van der Waals surface area contributed by atoms with E-state index in [0.717, 1.165) is 17.5 Å². The second-order valence-corrected chi connectivity index (χ2v) is 5.50. The standard InChI is InChI=1S/C18H19ClN2O2/c1-3-14-4-6-15(7-5-14)11-20-21-18(22)12-23-16-8-9-17(19)13(2)10-16/h4-11H,3,12H2,1-2H3,(H,21,22)/b20-11+. The molecule has 0 aromatic heterocycles. The second kappa shape index (κ2) is 8.34. The summed E-state index contributed by atoms with van der Waals surface area (Å²) >= 11 is 5.94. The zero-order valence-electron chi connectivity index (χ0n) is 13.2. The lowest BCUT2D eigenvalue weighted by atomic mass is 10.1. The summed E-state index contributed by atoms with van der Waals surface area (Å²) in [4.78, 5) is 11.7. The first-order chi connectivity index (χ1) is 11.1. The van der Waals surface area contributed by atoms with Gasteiger partial charge in [0.05, 0.1) is 6.21 Å². The largest absolute Gasteiger partial charge is 0.484 e. The lowest BCUT2D eigenvalue weighted by Crippen LogP contribution is -2.24. The Labute approximate surface area is 141 Å². The van der Waals surface area contributed by atoms with Crippen LogP contribution in [-0.4, -0.2) is 18.7 Å². The van der Waals surface area contributed by atoms with Gasteiger partial charge in [-0.1, -0.05) is 42.8 Å². The molecule has 0 aliphatic heterocycles. The number of hydrogen-bond acceptors (Lipinski definition) is 3. The van der Waals surface area contributed by atoms with Crippen LogP contribution in [0.4, 0.5) is 0 Å². The van der Waals surface area contributed by atoms with Gasteiger partial charge >= 0.3 is 0 Å².